The third kappa shape index (κ3) is 3.35. The number of aromatic nitrogens is 3. The molecule has 0 aliphatic rings. The monoisotopic (exact) mass is 388 g/mol. The van der Waals surface area contributed by atoms with Gasteiger partial charge in [0.15, 0.2) is 0 Å². The van der Waals surface area contributed by atoms with Gasteiger partial charge in [-0.15, -0.1) is 0 Å². The summed E-state index contributed by atoms with van der Waals surface area (Å²) in [4.78, 5) is 11.2. The number of fused-ring (bicyclic) bond motifs is 5. The smallest absolute Gasteiger partial charge is 0.100 e. The Morgan fingerprint density at radius 2 is 1.20 bits per heavy atom. The van der Waals surface area contributed by atoms with Crippen molar-refractivity contribution in [3.05, 3.63) is 104 Å². The first kappa shape index (κ1) is 17.9. The van der Waals surface area contributed by atoms with Gasteiger partial charge in [0, 0.05) is 30.2 Å². The predicted molar refractivity (Wildman–Crippen MR) is 125 cm³/mol. The third-order valence-corrected chi connectivity index (χ3v) is 5.23. The minimum atomic E-state index is 0.695. The van der Waals surface area contributed by atoms with Crippen LogP contribution in [0.3, 0.4) is 0 Å². The maximum absolute atomic E-state index is 5.85. The second-order valence-electron chi connectivity index (χ2n) is 7.11. The SMILES string of the molecule is Nc1ccc2ccc3c4ccccc4cc3c2[nH]1.c1cc(-c2ccncc2)ccn1. The van der Waals surface area contributed by atoms with E-state index in [1.54, 1.807) is 24.8 Å². The van der Waals surface area contributed by atoms with Crippen LogP contribution >= 0.6 is 0 Å². The van der Waals surface area contributed by atoms with Gasteiger partial charge in [-0.1, -0.05) is 36.4 Å². The van der Waals surface area contributed by atoms with Crippen LogP contribution in [0.1, 0.15) is 0 Å². The molecule has 0 atom stereocenters. The summed E-state index contributed by atoms with van der Waals surface area (Å²) in [7, 11) is 0. The number of benzene rings is 2. The molecule has 0 saturated carbocycles. The summed E-state index contributed by atoms with van der Waals surface area (Å²) in [6.45, 7) is 0. The molecule has 4 nitrogen and oxygen atoms in total. The van der Waals surface area contributed by atoms with E-state index in [0.29, 0.717) is 5.82 Å². The molecule has 0 amide bonds. The number of nitrogens with one attached hydrogen (secondary N) is 1. The zero-order valence-corrected chi connectivity index (χ0v) is 16.3. The predicted octanol–water partition coefficient (Wildman–Crippen LogP) is 6.20. The van der Waals surface area contributed by atoms with E-state index in [4.69, 9.17) is 5.73 Å². The van der Waals surface area contributed by atoms with Crippen LogP contribution < -0.4 is 5.73 Å². The number of aromatic amines is 1. The molecule has 0 bridgehead atoms. The highest BCUT2D eigenvalue weighted by Crippen LogP contribution is 2.33. The molecule has 0 radical (unpaired) electrons. The van der Waals surface area contributed by atoms with Crippen LogP contribution in [0.25, 0.3) is 43.6 Å². The first-order valence-electron chi connectivity index (χ1n) is 9.79. The molecule has 0 spiro atoms. The number of pyridine rings is 3. The highest BCUT2D eigenvalue weighted by atomic mass is 14.8. The second kappa shape index (κ2) is 7.68. The van der Waals surface area contributed by atoms with Gasteiger partial charge in [0.2, 0.25) is 0 Å². The normalized spacial score (nSPS) is 10.8. The lowest BCUT2D eigenvalue weighted by atomic mass is 10.1. The molecule has 3 heterocycles. The highest BCUT2D eigenvalue weighted by Gasteiger charge is 2.07. The van der Waals surface area contributed by atoms with Gasteiger partial charge in [-0.3, -0.25) is 9.97 Å². The molecule has 30 heavy (non-hydrogen) atoms. The van der Waals surface area contributed by atoms with E-state index >= 15 is 0 Å². The number of hydrogen-bond acceptors (Lipinski definition) is 3. The summed E-state index contributed by atoms with van der Waals surface area (Å²) < 4.78 is 0. The van der Waals surface area contributed by atoms with Crippen LogP contribution in [0.2, 0.25) is 0 Å². The van der Waals surface area contributed by atoms with Crippen LogP contribution in [0.15, 0.2) is 104 Å². The number of hydrogen-bond donors (Lipinski definition) is 2. The van der Waals surface area contributed by atoms with Gasteiger partial charge in [0.25, 0.3) is 0 Å². The maximum atomic E-state index is 5.85. The lowest BCUT2D eigenvalue weighted by Gasteiger charge is -2.02. The van der Waals surface area contributed by atoms with E-state index in [-0.39, 0.29) is 0 Å². The van der Waals surface area contributed by atoms with Gasteiger partial charge in [-0.2, -0.15) is 0 Å². The largest absolute Gasteiger partial charge is 0.385 e. The van der Waals surface area contributed by atoms with Gasteiger partial charge in [-0.05, 0) is 75.1 Å². The number of nitrogen functional groups attached to an aromatic ring is 1. The van der Waals surface area contributed by atoms with E-state index < -0.39 is 0 Å². The summed E-state index contributed by atoms with van der Waals surface area (Å²) in [5.74, 6) is 0.695. The molecule has 4 heteroatoms. The van der Waals surface area contributed by atoms with Crippen molar-refractivity contribution in [2.24, 2.45) is 0 Å². The third-order valence-electron chi connectivity index (χ3n) is 5.23. The zero-order valence-electron chi connectivity index (χ0n) is 16.3. The Morgan fingerprint density at radius 3 is 1.90 bits per heavy atom. The molecule has 3 N–H and O–H groups in total. The Labute approximate surface area is 174 Å². The van der Waals surface area contributed by atoms with Crippen molar-refractivity contribution >= 4 is 38.3 Å². The van der Waals surface area contributed by atoms with Crippen LogP contribution in [-0.2, 0) is 0 Å². The van der Waals surface area contributed by atoms with Crippen molar-refractivity contribution in [1.82, 2.24) is 15.0 Å². The number of anilines is 1. The van der Waals surface area contributed by atoms with Crippen molar-refractivity contribution in [1.29, 1.82) is 0 Å². The van der Waals surface area contributed by atoms with Crippen LogP contribution in [0.4, 0.5) is 5.82 Å². The summed E-state index contributed by atoms with van der Waals surface area (Å²) in [5, 5.41) is 6.27. The molecule has 0 aliphatic carbocycles. The van der Waals surface area contributed by atoms with Crippen molar-refractivity contribution in [2.45, 2.75) is 0 Å². The summed E-state index contributed by atoms with van der Waals surface area (Å²) >= 11 is 0. The van der Waals surface area contributed by atoms with Gasteiger partial charge in [-0.25, -0.2) is 0 Å². The molecule has 0 unspecified atom stereocenters. The Hall–Kier alpha value is -4.18. The molecular weight excluding hydrogens is 368 g/mol. The van der Waals surface area contributed by atoms with E-state index in [2.05, 4.69) is 63.5 Å². The van der Waals surface area contributed by atoms with Gasteiger partial charge in [0.05, 0.1) is 5.52 Å². The lowest BCUT2D eigenvalue weighted by molar-refractivity contribution is 1.31. The van der Waals surface area contributed by atoms with E-state index in [9.17, 15) is 0 Å². The summed E-state index contributed by atoms with van der Waals surface area (Å²) in [6, 6.07) is 26.9. The Balaban J connectivity index is 0.000000140. The Bertz CT molecular complexity index is 1400. The number of nitrogens with two attached hydrogens (primary N) is 1. The van der Waals surface area contributed by atoms with E-state index in [1.807, 2.05) is 30.3 Å². The molecule has 3 aromatic carbocycles. The lowest BCUT2D eigenvalue weighted by Crippen LogP contribution is -1.89. The van der Waals surface area contributed by atoms with E-state index in [1.165, 1.54) is 38.1 Å². The molecule has 0 aliphatic heterocycles. The Morgan fingerprint density at radius 1 is 0.567 bits per heavy atom. The first-order chi connectivity index (χ1) is 14.8. The van der Waals surface area contributed by atoms with Crippen LogP contribution in [0, 0.1) is 0 Å². The molecule has 6 aromatic rings. The molecule has 6 rings (SSSR count). The van der Waals surface area contributed by atoms with Gasteiger partial charge in [0.1, 0.15) is 5.82 Å². The van der Waals surface area contributed by atoms with Crippen molar-refractivity contribution in [3.8, 4) is 11.1 Å². The van der Waals surface area contributed by atoms with Crippen molar-refractivity contribution in [2.75, 3.05) is 5.73 Å². The fourth-order valence-corrected chi connectivity index (χ4v) is 3.78. The minimum Gasteiger partial charge on any atom is -0.385 e. The maximum Gasteiger partial charge on any atom is 0.100 e. The fraction of sp³-hybridized carbons (Fsp3) is 0. The number of rotatable bonds is 1. The molecule has 0 fully saturated rings. The molecule has 3 aromatic heterocycles. The minimum absolute atomic E-state index is 0.695. The highest BCUT2D eigenvalue weighted by molar-refractivity contribution is 6.19. The molecular formula is C26H20N4. The van der Waals surface area contributed by atoms with Crippen LogP contribution in [-0.4, -0.2) is 15.0 Å². The standard InChI is InChI=1S/C16H12N2.C10H8N2/c17-15-8-6-10-5-7-13-12-4-2-1-3-11(12)9-14(13)16(10)18-15;1-5-11-6-2-9(1)10-3-7-12-8-4-10/h1-9,18H,17H2;1-8H. The van der Waals surface area contributed by atoms with Crippen molar-refractivity contribution < 1.29 is 0 Å². The number of H-pyrrole nitrogens is 1. The molecule has 0 saturated heterocycles. The van der Waals surface area contributed by atoms with Crippen LogP contribution in [0.5, 0.6) is 0 Å². The average molecular weight is 388 g/mol. The van der Waals surface area contributed by atoms with Gasteiger partial charge < -0.3 is 10.7 Å². The zero-order chi connectivity index (χ0) is 20.3. The van der Waals surface area contributed by atoms with Crippen molar-refractivity contribution in [3.63, 3.8) is 0 Å². The number of nitrogens with zero attached hydrogens (tertiary/aromatic N) is 2. The topological polar surface area (TPSA) is 67.6 Å². The molecule has 144 valence electrons. The fourth-order valence-electron chi connectivity index (χ4n) is 3.78. The Kier molecular flexibility index (Phi) is 4.58. The van der Waals surface area contributed by atoms with Gasteiger partial charge >= 0.3 is 0 Å². The summed E-state index contributed by atoms with van der Waals surface area (Å²) in [6.07, 6.45) is 7.15. The summed E-state index contributed by atoms with van der Waals surface area (Å²) in [5.41, 5.74) is 9.32. The first-order valence-corrected chi connectivity index (χ1v) is 9.79. The average Bonchev–Trinajstić information content (AvgIpc) is 3.20. The quantitative estimate of drug-likeness (QED) is 0.352. The van der Waals surface area contributed by atoms with E-state index in [0.717, 1.165) is 5.52 Å². The second-order valence-corrected chi connectivity index (χ2v) is 7.11.